The molecule has 2 rings (SSSR count). The molecule has 1 nitrogen and oxygen atoms in total. The lowest BCUT2D eigenvalue weighted by Gasteiger charge is -2.18. The molecule has 4 heteroatoms. The van der Waals surface area contributed by atoms with E-state index in [0.29, 0.717) is 12.0 Å². The van der Waals surface area contributed by atoms with Crippen molar-refractivity contribution >= 4 is 11.3 Å². The molecule has 0 spiro atoms. The van der Waals surface area contributed by atoms with Gasteiger partial charge in [-0.25, -0.2) is 8.78 Å². The van der Waals surface area contributed by atoms with Gasteiger partial charge < -0.3 is 5.32 Å². The van der Waals surface area contributed by atoms with Crippen molar-refractivity contribution in [2.24, 2.45) is 0 Å². The minimum absolute atomic E-state index is 0.103. The van der Waals surface area contributed by atoms with Gasteiger partial charge in [-0.3, -0.25) is 0 Å². The smallest absolute Gasteiger partial charge is 0.126 e. The Labute approximate surface area is 116 Å². The molecule has 2 aromatic rings. The first-order valence-electron chi connectivity index (χ1n) is 6.32. The molecule has 1 N–H and O–H groups in total. The minimum Gasteiger partial charge on any atom is -0.309 e. The summed E-state index contributed by atoms with van der Waals surface area (Å²) in [5.74, 6) is -1.04. The van der Waals surface area contributed by atoms with E-state index in [-0.39, 0.29) is 6.04 Å². The van der Waals surface area contributed by atoms with Crippen molar-refractivity contribution in [1.82, 2.24) is 5.32 Å². The summed E-state index contributed by atoms with van der Waals surface area (Å²) in [5.41, 5.74) is 1.89. The standard InChI is InChI=1S/C15H17F2NS/c1-3-18-14(15-10(2)4-5-19-15)8-11-6-12(16)9-13(17)7-11/h4-7,9,14,18H,3,8H2,1-2H3. The van der Waals surface area contributed by atoms with Crippen LogP contribution in [0.15, 0.2) is 29.6 Å². The van der Waals surface area contributed by atoms with Crippen molar-refractivity contribution in [2.45, 2.75) is 26.3 Å². The Morgan fingerprint density at radius 2 is 1.89 bits per heavy atom. The lowest BCUT2D eigenvalue weighted by Crippen LogP contribution is -2.22. The molecule has 0 saturated heterocycles. The molecule has 1 unspecified atom stereocenters. The molecule has 102 valence electrons. The lowest BCUT2D eigenvalue weighted by molar-refractivity contribution is 0.543. The van der Waals surface area contributed by atoms with Crippen LogP contribution in [0, 0.1) is 18.6 Å². The van der Waals surface area contributed by atoms with Gasteiger partial charge in [-0.2, -0.15) is 0 Å². The lowest BCUT2D eigenvalue weighted by atomic mass is 10.0. The van der Waals surface area contributed by atoms with Gasteiger partial charge in [-0.1, -0.05) is 6.92 Å². The van der Waals surface area contributed by atoms with Gasteiger partial charge in [0.15, 0.2) is 0 Å². The number of rotatable bonds is 5. The van der Waals surface area contributed by atoms with Crippen molar-refractivity contribution < 1.29 is 8.78 Å². The van der Waals surface area contributed by atoms with Gasteiger partial charge in [-0.05, 0) is 54.6 Å². The summed E-state index contributed by atoms with van der Waals surface area (Å²) in [6.07, 6.45) is 0.587. The van der Waals surface area contributed by atoms with Crippen LogP contribution in [0.3, 0.4) is 0 Å². The van der Waals surface area contributed by atoms with Crippen LogP contribution in [-0.4, -0.2) is 6.54 Å². The van der Waals surface area contributed by atoms with Gasteiger partial charge in [0.05, 0.1) is 0 Å². The van der Waals surface area contributed by atoms with Gasteiger partial charge in [0.25, 0.3) is 0 Å². The highest BCUT2D eigenvalue weighted by molar-refractivity contribution is 7.10. The fourth-order valence-corrected chi connectivity index (χ4v) is 3.21. The molecule has 1 aromatic carbocycles. The highest BCUT2D eigenvalue weighted by Crippen LogP contribution is 2.27. The van der Waals surface area contributed by atoms with E-state index in [2.05, 4.69) is 18.3 Å². The second-order valence-electron chi connectivity index (χ2n) is 4.56. The molecule has 0 radical (unpaired) electrons. The van der Waals surface area contributed by atoms with Crippen molar-refractivity contribution in [1.29, 1.82) is 0 Å². The molecule has 0 saturated carbocycles. The van der Waals surface area contributed by atoms with Gasteiger partial charge in [0, 0.05) is 17.0 Å². The Morgan fingerprint density at radius 3 is 2.42 bits per heavy atom. The Bertz CT molecular complexity index is 531. The summed E-state index contributed by atoms with van der Waals surface area (Å²) < 4.78 is 26.5. The van der Waals surface area contributed by atoms with Crippen LogP contribution >= 0.6 is 11.3 Å². The van der Waals surface area contributed by atoms with E-state index in [0.717, 1.165) is 12.6 Å². The van der Waals surface area contributed by atoms with Gasteiger partial charge in [-0.15, -0.1) is 11.3 Å². The number of benzene rings is 1. The summed E-state index contributed by atoms with van der Waals surface area (Å²) in [4.78, 5) is 1.23. The summed E-state index contributed by atoms with van der Waals surface area (Å²) in [6, 6.07) is 5.87. The van der Waals surface area contributed by atoms with Crippen LogP contribution in [0.1, 0.15) is 29.0 Å². The van der Waals surface area contributed by atoms with Crippen molar-refractivity contribution in [2.75, 3.05) is 6.54 Å². The predicted octanol–water partition coefficient (Wildman–Crippen LogP) is 4.23. The number of thiophene rings is 1. The summed E-state index contributed by atoms with van der Waals surface area (Å²) in [6.45, 7) is 4.91. The zero-order valence-electron chi connectivity index (χ0n) is 11.0. The van der Waals surface area contributed by atoms with E-state index in [4.69, 9.17) is 0 Å². The molecule has 0 amide bonds. The molecule has 1 aromatic heterocycles. The number of aryl methyl sites for hydroxylation is 1. The van der Waals surface area contributed by atoms with E-state index in [1.807, 2.05) is 12.3 Å². The predicted molar refractivity (Wildman–Crippen MR) is 75.5 cm³/mol. The molecule has 0 aliphatic carbocycles. The Hall–Kier alpha value is -1.26. The number of likely N-dealkylation sites (N-methyl/N-ethyl adjacent to an activating group) is 1. The van der Waals surface area contributed by atoms with Gasteiger partial charge in [0.2, 0.25) is 0 Å². The Balaban J connectivity index is 2.23. The maximum Gasteiger partial charge on any atom is 0.126 e. The monoisotopic (exact) mass is 281 g/mol. The highest BCUT2D eigenvalue weighted by Gasteiger charge is 2.15. The number of hydrogen-bond donors (Lipinski definition) is 1. The molecule has 0 aliphatic heterocycles. The molecule has 1 atom stereocenters. The van der Waals surface area contributed by atoms with Gasteiger partial charge >= 0.3 is 0 Å². The zero-order chi connectivity index (χ0) is 13.8. The normalized spacial score (nSPS) is 12.6. The van der Waals surface area contributed by atoms with Crippen molar-refractivity contribution in [3.8, 4) is 0 Å². The van der Waals surface area contributed by atoms with Crippen LogP contribution < -0.4 is 5.32 Å². The summed E-state index contributed by atoms with van der Waals surface area (Å²) in [5, 5.41) is 5.42. The van der Waals surface area contributed by atoms with E-state index in [9.17, 15) is 8.78 Å². The van der Waals surface area contributed by atoms with E-state index >= 15 is 0 Å². The fraction of sp³-hybridized carbons (Fsp3) is 0.333. The van der Waals surface area contributed by atoms with Crippen LogP contribution in [0.4, 0.5) is 8.78 Å². The SMILES string of the molecule is CCNC(Cc1cc(F)cc(F)c1)c1sccc1C. The molecule has 0 bridgehead atoms. The second-order valence-corrected chi connectivity index (χ2v) is 5.51. The first-order valence-corrected chi connectivity index (χ1v) is 7.20. The molecule has 19 heavy (non-hydrogen) atoms. The third-order valence-corrected chi connectivity index (χ3v) is 4.16. The first-order chi connectivity index (χ1) is 9.10. The molecule has 0 fully saturated rings. The second kappa shape index (κ2) is 6.26. The van der Waals surface area contributed by atoms with Crippen LogP contribution in [0.5, 0.6) is 0 Å². The molecular weight excluding hydrogens is 264 g/mol. The number of nitrogens with one attached hydrogen (secondary N) is 1. The Kier molecular flexibility index (Phi) is 4.66. The van der Waals surface area contributed by atoms with Crippen LogP contribution in [0.2, 0.25) is 0 Å². The zero-order valence-corrected chi connectivity index (χ0v) is 11.9. The van der Waals surface area contributed by atoms with Crippen molar-refractivity contribution in [3.63, 3.8) is 0 Å². The highest BCUT2D eigenvalue weighted by atomic mass is 32.1. The van der Waals surface area contributed by atoms with E-state index in [1.54, 1.807) is 11.3 Å². The summed E-state index contributed by atoms with van der Waals surface area (Å²) >= 11 is 1.68. The van der Waals surface area contributed by atoms with E-state index < -0.39 is 11.6 Å². The number of hydrogen-bond acceptors (Lipinski definition) is 2. The summed E-state index contributed by atoms with van der Waals surface area (Å²) in [7, 11) is 0. The quantitative estimate of drug-likeness (QED) is 0.865. The third kappa shape index (κ3) is 3.61. The average molecular weight is 281 g/mol. The van der Waals surface area contributed by atoms with E-state index in [1.165, 1.54) is 22.6 Å². The minimum atomic E-state index is -0.520. The third-order valence-electron chi connectivity index (χ3n) is 3.03. The Morgan fingerprint density at radius 1 is 1.21 bits per heavy atom. The number of halogens is 2. The van der Waals surface area contributed by atoms with Gasteiger partial charge in [0.1, 0.15) is 11.6 Å². The molecular formula is C15H17F2NS. The fourth-order valence-electron chi connectivity index (χ4n) is 2.21. The van der Waals surface area contributed by atoms with Crippen LogP contribution in [0.25, 0.3) is 0 Å². The molecule has 1 heterocycles. The maximum atomic E-state index is 13.2. The van der Waals surface area contributed by atoms with Crippen LogP contribution in [-0.2, 0) is 6.42 Å². The first kappa shape index (κ1) is 14.2. The molecule has 0 aliphatic rings. The van der Waals surface area contributed by atoms with Crippen molar-refractivity contribution in [3.05, 3.63) is 57.3 Å². The maximum absolute atomic E-state index is 13.2. The average Bonchev–Trinajstić information content (AvgIpc) is 2.73. The topological polar surface area (TPSA) is 12.0 Å². The largest absolute Gasteiger partial charge is 0.309 e.